The fourth-order valence-corrected chi connectivity index (χ4v) is 2.63. The van der Waals surface area contributed by atoms with E-state index in [1.807, 2.05) is 48.5 Å². The zero-order chi connectivity index (χ0) is 17.6. The largest absolute Gasteiger partial charge is 0.387 e. The van der Waals surface area contributed by atoms with Crippen molar-refractivity contribution in [2.45, 2.75) is 6.10 Å². The monoisotopic (exact) mass is 334 g/mol. The van der Waals surface area contributed by atoms with Crippen molar-refractivity contribution in [2.75, 3.05) is 11.9 Å². The number of anilines is 1. The number of aliphatic hydroxyl groups is 1. The summed E-state index contributed by atoms with van der Waals surface area (Å²) in [5, 5.41) is 17.3. The zero-order valence-electron chi connectivity index (χ0n) is 13.5. The van der Waals surface area contributed by atoms with Gasteiger partial charge in [0.05, 0.1) is 6.10 Å². The van der Waals surface area contributed by atoms with Crippen molar-refractivity contribution in [2.24, 2.45) is 0 Å². The third kappa shape index (κ3) is 4.02. The molecule has 0 bridgehead atoms. The Morgan fingerprint density at radius 1 is 0.840 bits per heavy atom. The molecular weight excluding hydrogens is 316 g/mol. The van der Waals surface area contributed by atoms with Crippen molar-refractivity contribution in [1.29, 1.82) is 0 Å². The van der Waals surface area contributed by atoms with Crippen LogP contribution in [0.1, 0.15) is 11.7 Å². The number of nitrogens with one attached hydrogen (secondary N) is 2. The van der Waals surface area contributed by atoms with Crippen LogP contribution in [0.15, 0.2) is 72.8 Å². The summed E-state index contributed by atoms with van der Waals surface area (Å²) in [7, 11) is 0. The van der Waals surface area contributed by atoms with E-state index >= 15 is 0 Å². The second kappa shape index (κ2) is 7.59. The van der Waals surface area contributed by atoms with Crippen molar-refractivity contribution in [1.82, 2.24) is 5.32 Å². The first kappa shape index (κ1) is 16.7. The quantitative estimate of drug-likeness (QED) is 0.642. The van der Waals surface area contributed by atoms with Gasteiger partial charge in [-0.1, -0.05) is 60.7 Å². The highest BCUT2D eigenvalue weighted by Gasteiger charge is 2.17. The molecule has 3 aromatic carbocycles. The average molecular weight is 334 g/mol. The van der Waals surface area contributed by atoms with Gasteiger partial charge in [-0.25, -0.2) is 0 Å². The predicted octanol–water partition coefficient (Wildman–Crippen LogP) is 2.63. The summed E-state index contributed by atoms with van der Waals surface area (Å²) in [4.78, 5) is 23.8. The summed E-state index contributed by atoms with van der Waals surface area (Å²) in [6.45, 7) is -0.0466. The van der Waals surface area contributed by atoms with Crippen LogP contribution in [-0.2, 0) is 9.59 Å². The minimum absolute atomic E-state index is 0.0466. The fourth-order valence-electron chi connectivity index (χ4n) is 2.63. The Morgan fingerprint density at radius 3 is 2.32 bits per heavy atom. The lowest BCUT2D eigenvalue weighted by molar-refractivity contribution is -0.136. The van der Waals surface area contributed by atoms with Crippen LogP contribution in [0, 0.1) is 0 Å². The van der Waals surface area contributed by atoms with E-state index in [-0.39, 0.29) is 6.54 Å². The SMILES string of the molecule is O=C(NCC(O)c1cccc2ccccc12)C(=O)Nc1ccccc1. The van der Waals surface area contributed by atoms with Gasteiger partial charge in [0, 0.05) is 12.2 Å². The van der Waals surface area contributed by atoms with Gasteiger partial charge in [0.15, 0.2) is 0 Å². The first-order chi connectivity index (χ1) is 12.1. The van der Waals surface area contributed by atoms with Crippen LogP contribution < -0.4 is 10.6 Å². The Morgan fingerprint density at radius 2 is 1.52 bits per heavy atom. The van der Waals surface area contributed by atoms with Crippen molar-refractivity contribution < 1.29 is 14.7 Å². The van der Waals surface area contributed by atoms with Gasteiger partial charge in [-0.15, -0.1) is 0 Å². The molecule has 0 heterocycles. The number of hydrogen-bond donors (Lipinski definition) is 3. The molecule has 0 fully saturated rings. The summed E-state index contributed by atoms with van der Waals surface area (Å²) in [5.41, 5.74) is 1.25. The molecule has 0 radical (unpaired) electrons. The third-order valence-corrected chi connectivity index (χ3v) is 3.88. The molecule has 0 aliphatic rings. The number of carbonyl (C=O) groups is 2. The molecule has 0 saturated carbocycles. The van der Waals surface area contributed by atoms with Crippen LogP contribution in [-0.4, -0.2) is 23.5 Å². The maximum absolute atomic E-state index is 11.9. The van der Waals surface area contributed by atoms with Gasteiger partial charge in [0.25, 0.3) is 0 Å². The molecule has 2 amide bonds. The first-order valence-electron chi connectivity index (χ1n) is 7.95. The van der Waals surface area contributed by atoms with E-state index in [0.717, 1.165) is 10.8 Å². The van der Waals surface area contributed by atoms with Crippen LogP contribution in [0.25, 0.3) is 10.8 Å². The van der Waals surface area contributed by atoms with E-state index in [4.69, 9.17) is 0 Å². The van der Waals surface area contributed by atoms with Crippen LogP contribution >= 0.6 is 0 Å². The maximum Gasteiger partial charge on any atom is 0.313 e. The normalized spacial score (nSPS) is 11.7. The lowest BCUT2D eigenvalue weighted by atomic mass is 10.0. The van der Waals surface area contributed by atoms with Crippen molar-refractivity contribution in [3.63, 3.8) is 0 Å². The van der Waals surface area contributed by atoms with Gasteiger partial charge in [0.1, 0.15) is 0 Å². The number of rotatable bonds is 4. The smallest absolute Gasteiger partial charge is 0.313 e. The third-order valence-electron chi connectivity index (χ3n) is 3.88. The molecule has 5 nitrogen and oxygen atoms in total. The van der Waals surface area contributed by atoms with Gasteiger partial charge >= 0.3 is 11.8 Å². The molecule has 0 aromatic heterocycles. The number of benzene rings is 3. The highest BCUT2D eigenvalue weighted by atomic mass is 16.3. The average Bonchev–Trinajstić information content (AvgIpc) is 2.66. The molecule has 3 N–H and O–H groups in total. The first-order valence-corrected chi connectivity index (χ1v) is 7.95. The molecule has 1 unspecified atom stereocenters. The minimum atomic E-state index is -0.903. The Kier molecular flexibility index (Phi) is 5.06. The molecule has 0 spiro atoms. The fraction of sp³-hybridized carbons (Fsp3) is 0.100. The second-order valence-electron chi connectivity index (χ2n) is 5.61. The molecule has 0 aliphatic heterocycles. The van der Waals surface area contributed by atoms with Gasteiger partial charge < -0.3 is 15.7 Å². The van der Waals surface area contributed by atoms with E-state index < -0.39 is 17.9 Å². The Hall–Kier alpha value is -3.18. The molecule has 126 valence electrons. The number of fused-ring (bicyclic) bond motifs is 1. The lowest BCUT2D eigenvalue weighted by Gasteiger charge is -2.14. The molecule has 25 heavy (non-hydrogen) atoms. The van der Waals surface area contributed by atoms with Crippen molar-refractivity contribution in [3.05, 3.63) is 78.4 Å². The highest BCUT2D eigenvalue weighted by Crippen LogP contribution is 2.23. The predicted molar refractivity (Wildman–Crippen MR) is 97.0 cm³/mol. The van der Waals surface area contributed by atoms with Crippen molar-refractivity contribution in [3.8, 4) is 0 Å². The number of amides is 2. The van der Waals surface area contributed by atoms with E-state index in [1.54, 1.807) is 24.3 Å². The lowest BCUT2D eigenvalue weighted by Crippen LogP contribution is -2.37. The Labute approximate surface area is 145 Å². The van der Waals surface area contributed by atoms with Gasteiger partial charge in [-0.3, -0.25) is 9.59 Å². The van der Waals surface area contributed by atoms with E-state index in [9.17, 15) is 14.7 Å². The highest BCUT2D eigenvalue weighted by molar-refractivity contribution is 6.39. The van der Waals surface area contributed by atoms with E-state index in [0.29, 0.717) is 11.3 Å². The molecule has 3 rings (SSSR count). The summed E-state index contributed by atoms with van der Waals surface area (Å²) < 4.78 is 0. The number of hydrogen-bond acceptors (Lipinski definition) is 3. The second-order valence-corrected chi connectivity index (χ2v) is 5.61. The van der Waals surface area contributed by atoms with Crippen LogP contribution in [0.2, 0.25) is 0 Å². The van der Waals surface area contributed by atoms with Crippen molar-refractivity contribution >= 4 is 28.3 Å². The van der Waals surface area contributed by atoms with Crippen LogP contribution in [0.4, 0.5) is 5.69 Å². The summed E-state index contributed by atoms with van der Waals surface area (Å²) in [5.74, 6) is -1.56. The molecule has 0 aliphatic carbocycles. The minimum Gasteiger partial charge on any atom is -0.387 e. The summed E-state index contributed by atoms with van der Waals surface area (Å²) >= 11 is 0. The zero-order valence-corrected chi connectivity index (χ0v) is 13.5. The standard InChI is InChI=1S/C20H18N2O3/c23-18(17-12-6-8-14-7-4-5-11-16(14)17)13-21-19(24)20(25)22-15-9-2-1-3-10-15/h1-12,18,23H,13H2,(H,21,24)(H,22,25). The summed E-state index contributed by atoms with van der Waals surface area (Å²) in [6.07, 6.45) is -0.903. The molecule has 3 aromatic rings. The number of aliphatic hydroxyl groups excluding tert-OH is 1. The molecule has 5 heteroatoms. The summed E-state index contributed by atoms with van der Waals surface area (Å²) in [6, 6.07) is 22.0. The Bertz CT molecular complexity index is 888. The van der Waals surface area contributed by atoms with Crippen LogP contribution in [0.5, 0.6) is 0 Å². The maximum atomic E-state index is 11.9. The van der Waals surface area contributed by atoms with Gasteiger partial charge in [-0.05, 0) is 28.5 Å². The Balaban J connectivity index is 1.62. The number of para-hydroxylation sites is 1. The van der Waals surface area contributed by atoms with E-state index in [2.05, 4.69) is 10.6 Å². The number of carbonyl (C=O) groups excluding carboxylic acids is 2. The van der Waals surface area contributed by atoms with Crippen LogP contribution in [0.3, 0.4) is 0 Å². The van der Waals surface area contributed by atoms with E-state index in [1.165, 1.54) is 0 Å². The molecule has 1 atom stereocenters. The molecule has 0 saturated heterocycles. The molecular formula is C20H18N2O3. The topological polar surface area (TPSA) is 78.4 Å². The van der Waals surface area contributed by atoms with Gasteiger partial charge in [0.2, 0.25) is 0 Å². The van der Waals surface area contributed by atoms with Gasteiger partial charge in [-0.2, -0.15) is 0 Å².